The molecule has 0 radical (unpaired) electrons. The minimum Gasteiger partial charge on any atom is -0.370 e. The Labute approximate surface area is 124 Å². The van der Waals surface area contributed by atoms with Crippen LogP contribution in [0.3, 0.4) is 0 Å². The van der Waals surface area contributed by atoms with Crippen molar-refractivity contribution in [1.29, 1.82) is 0 Å². The molecule has 0 unspecified atom stereocenters. The predicted octanol–water partition coefficient (Wildman–Crippen LogP) is 1.91. The number of amides is 1. The van der Waals surface area contributed by atoms with E-state index in [9.17, 15) is 4.79 Å². The molecule has 0 bridgehead atoms. The van der Waals surface area contributed by atoms with Crippen LogP contribution >= 0.6 is 0 Å². The summed E-state index contributed by atoms with van der Waals surface area (Å²) in [4.78, 5) is 16.3. The molecule has 0 aliphatic carbocycles. The molecule has 2 aromatic rings. The highest BCUT2D eigenvalue weighted by Crippen LogP contribution is 2.11. The largest absolute Gasteiger partial charge is 0.370 e. The lowest BCUT2D eigenvalue weighted by molar-refractivity contribution is 0.0953. The van der Waals surface area contributed by atoms with E-state index in [1.165, 1.54) is 5.56 Å². The van der Waals surface area contributed by atoms with Gasteiger partial charge in [0.2, 0.25) is 0 Å². The van der Waals surface area contributed by atoms with Crippen LogP contribution in [-0.4, -0.2) is 34.2 Å². The molecule has 2 rings (SSSR count). The van der Waals surface area contributed by atoms with Gasteiger partial charge in [-0.2, -0.15) is 5.10 Å². The summed E-state index contributed by atoms with van der Waals surface area (Å²) in [6, 6.07) is 3.55. The lowest BCUT2D eigenvalue weighted by Gasteiger charge is -2.09. The molecular formula is C15H21N5O. The maximum absolute atomic E-state index is 12.2. The summed E-state index contributed by atoms with van der Waals surface area (Å²) in [7, 11) is 0. The second-order valence-corrected chi connectivity index (χ2v) is 4.81. The van der Waals surface area contributed by atoms with Crippen molar-refractivity contribution in [1.82, 2.24) is 20.5 Å². The van der Waals surface area contributed by atoms with Crippen LogP contribution in [-0.2, 0) is 6.42 Å². The van der Waals surface area contributed by atoms with Crippen LogP contribution in [0.25, 0.3) is 0 Å². The van der Waals surface area contributed by atoms with Crippen molar-refractivity contribution in [3.63, 3.8) is 0 Å². The second-order valence-electron chi connectivity index (χ2n) is 4.81. The molecule has 1 amide bonds. The third-order valence-corrected chi connectivity index (χ3v) is 3.24. The Morgan fingerprint density at radius 1 is 1.43 bits per heavy atom. The van der Waals surface area contributed by atoms with Crippen molar-refractivity contribution in [2.24, 2.45) is 0 Å². The maximum Gasteiger partial charge on any atom is 0.255 e. The number of carbonyl (C=O) groups is 1. The molecule has 0 aromatic carbocycles. The van der Waals surface area contributed by atoms with Gasteiger partial charge in [0, 0.05) is 25.0 Å². The number of pyridine rings is 1. The number of aromatic nitrogens is 3. The Balaban J connectivity index is 1.83. The van der Waals surface area contributed by atoms with Crippen molar-refractivity contribution in [3.05, 3.63) is 41.3 Å². The van der Waals surface area contributed by atoms with E-state index in [0.29, 0.717) is 17.9 Å². The summed E-state index contributed by atoms with van der Waals surface area (Å²) in [6.45, 7) is 5.34. The molecule has 2 aromatic heterocycles. The van der Waals surface area contributed by atoms with Crippen LogP contribution in [0.2, 0.25) is 0 Å². The second kappa shape index (κ2) is 7.42. The van der Waals surface area contributed by atoms with Crippen molar-refractivity contribution >= 4 is 11.7 Å². The van der Waals surface area contributed by atoms with E-state index in [2.05, 4.69) is 25.8 Å². The highest BCUT2D eigenvalue weighted by atomic mass is 16.1. The fourth-order valence-electron chi connectivity index (χ4n) is 2.10. The van der Waals surface area contributed by atoms with Gasteiger partial charge in [0.05, 0.1) is 11.8 Å². The minimum atomic E-state index is -0.0945. The van der Waals surface area contributed by atoms with E-state index in [4.69, 9.17) is 0 Å². The highest BCUT2D eigenvalue weighted by molar-refractivity contribution is 5.98. The first-order chi connectivity index (χ1) is 10.2. The van der Waals surface area contributed by atoms with Gasteiger partial charge in [-0.05, 0) is 44.4 Å². The van der Waals surface area contributed by atoms with Gasteiger partial charge in [0.25, 0.3) is 5.91 Å². The first kappa shape index (κ1) is 15.0. The van der Waals surface area contributed by atoms with Gasteiger partial charge in [-0.3, -0.25) is 9.89 Å². The number of aryl methyl sites for hydroxylation is 2. The van der Waals surface area contributed by atoms with Crippen LogP contribution < -0.4 is 10.6 Å². The standard InChI is InChI=1S/C15H21N5O/c1-3-16-14-13(7-5-8-17-14)15(21)18-9-4-6-12-10-19-20-11(12)2/h5,7-8,10H,3-4,6,9H2,1-2H3,(H,16,17)(H,18,21)(H,19,20). The molecule has 0 fully saturated rings. The number of nitrogens with zero attached hydrogens (tertiary/aromatic N) is 2. The van der Waals surface area contributed by atoms with Gasteiger partial charge in [0.1, 0.15) is 5.82 Å². The fraction of sp³-hybridized carbons (Fsp3) is 0.400. The highest BCUT2D eigenvalue weighted by Gasteiger charge is 2.11. The smallest absolute Gasteiger partial charge is 0.255 e. The number of anilines is 1. The van der Waals surface area contributed by atoms with E-state index < -0.39 is 0 Å². The van der Waals surface area contributed by atoms with Gasteiger partial charge in [-0.1, -0.05) is 0 Å². The minimum absolute atomic E-state index is 0.0945. The molecule has 6 heteroatoms. The topological polar surface area (TPSA) is 82.7 Å². The Hall–Kier alpha value is -2.37. The first-order valence-electron chi connectivity index (χ1n) is 7.18. The quantitative estimate of drug-likeness (QED) is 0.679. The summed E-state index contributed by atoms with van der Waals surface area (Å²) in [6.07, 6.45) is 5.29. The van der Waals surface area contributed by atoms with Crippen LogP contribution in [0.15, 0.2) is 24.5 Å². The number of aromatic amines is 1. The number of H-pyrrole nitrogens is 1. The molecule has 0 aliphatic heterocycles. The lowest BCUT2D eigenvalue weighted by Crippen LogP contribution is -2.26. The van der Waals surface area contributed by atoms with Gasteiger partial charge in [-0.15, -0.1) is 0 Å². The summed E-state index contributed by atoms with van der Waals surface area (Å²) in [5.41, 5.74) is 2.86. The third-order valence-electron chi connectivity index (χ3n) is 3.24. The fourth-order valence-corrected chi connectivity index (χ4v) is 2.10. The molecule has 6 nitrogen and oxygen atoms in total. The van der Waals surface area contributed by atoms with E-state index in [-0.39, 0.29) is 5.91 Å². The van der Waals surface area contributed by atoms with Crippen LogP contribution in [0, 0.1) is 6.92 Å². The summed E-state index contributed by atoms with van der Waals surface area (Å²) >= 11 is 0. The summed E-state index contributed by atoms with van der Waals surface area (Å²) < 4.78 is 0. The van der Waals surface area contributed by atoms with E-state index in [1.54, 1.807) is 18.3 Å². The normalized spacial score (nSPS) is 10.4. The van der Waals surface area contributed by atoms with Gasteiger partial charge in [-0.25, -0.2) is 4.98 Å². The van der Waals surface area contributed by atoms with Gasteiger partial charge in [0.15, 0.2) is 0 Å². The Morgan fingerprint density at radius 3 is 3.00 bits per heavy atom. The zero-order valence-electron chi connectivity index (χ0n) is 12.4. The molecular weight excluding hydrogens is 266 g/mol. The Morgan fingerprint density at radius 2 is 2.29 bits per heavy atom. The summed E-state index contributed by atoms with van der Waals surface area (Å²) in [5.74, 6) is 0.533. The monoisotopic (exact) mass is 287 g/mol. The van der Waals surface area contributed by atoms with Gasteiger partial charge < -0.3 is 10.6 Å². The molecule has 3 N–H and O–H groups in total. The molecule has 0 atom stereocenters. The molecule has 21 heavy (non-hydrogen) atoms. The van der Waals surface area contributed by atoms with Crippen LogP contribution in [0.5, 0.6) is 0 Å². The lowest BCUT2D eigenvalue weighted by atomic mass is 10.1. The van der Waals surface area contributed by atoms with Crippen LogP contribution in [0.4, 0.5) is 5.82 Å². The molecule has 0 saturated heterocycles. The number of carbonyl (C=O) groups excluding carboxylic acids is 1. The predicted molar refractivity (Wildman–Crippen MR) is 82.4 cm³/mol. The van der Waals surface area contributed by atoms with E-state index in [0.717, 1.165) is 25.1 Å². The first-order valence-corrected chi connectivity index (χ1v) is 7.18. The third kappa shape index (κ3) is 4.05. The van der Waals surface area contributed by atoms with Crippen molar-refractivity contribution in [2.75, 3.05) is 18.4 Å². The van der Waals surface area contributed by atoms with Crippen molar-refractivity contribution in [3.8, 4) is 0 Å². The average molecular weight is 287 g/mol. The molecule has 0 aliphatic rings. The average Bonchev–Trinajstić information content (AvgIpc) is 2.90. The molecule has 0 spiro atoms. The Kier molecular flexibility index (Phi) is 5.31. The van der Waals surface area contributed by atoms with Crippen molar-refractivity contribution < 1.29 is 4.79 Å². The number of rotatable bonds is 7. The SMILES string of the molecule is CCNc1ncccc1C(=O)NCCCc1cn[nH]c1C. The Bertz CT molecular complexity index is 593. The number of nitrogens with one attached hydrogen (secondary N) is 3. The van der Waals surface area contributed by atoms with Crippen LogP contribution in [0.1, 0.15) is 35.0 Å². The van der Waals surface area contributed by atoms with E-state index in [1.807, 2.05) is 20.0 Å². The summed E-state index contributed by atoms with van der Waals surface area (Å²) in [5, 5.41) is 12.9. The number of hydrogen-bond donors (Lipinski definition) is 3. The molecule has 2 heterocycles. The zero-order chi connectivity index (χ0) is 15.1. The maximum atomic E-state index is 12.2. The van der Waals surface area contributed by atoms with E-state index >= 15 is 0 Å². The number of hydrogen-bond acceptors (Lipinski definition) is 4. The molecule has 0 saturated carbocycles. The van der Waals surface area contributed by atoms with Crippen molar-refractivity contribution in [2.45, 2.75) is 26.7 Å². The molecule has 112 valence electrons. The zero-order valence-corrected chi connectivity index (χ0v) is 12.4. The van der Waals surface area contributed by atoms with Gasteiger partial charge >= 0.3 is 0 Å².